The van der Waals surface area contributed by atoms with Gasteiger partial charge in [0.1, 0.15) is 0 Å². The van der Waals surface area contributed by atoms with E-state index in [9.17, 15) is 0 Å². The van der Waals surface area contributed by atoms with Gasteiger partial charge in [0.05, 0.1) is 0 Å². The van der Waals surface area contributed by atoms with Crippen LogP contribution in [0.2, 0.25) is 0 Å². The maximum atomic E-state index is 8.66. The Morgan fingerprint density at radius 3 is 2.50 bits per heavy atom. The minimum absolute atomic E-state index is 0.000000000000000222. The van der Waals surface area contributed by atoms with Crippen LogP contribution in [0.5, 0.6) is 5.88 Å². The fourth-order valence-electron chi connectivity index (χ4n) is 0.408. The van der Waals surface area contributed by atoms with Crippen LogP contribution in [0, 0.1) is 6.92 Å². The molecule has 4 heteroatoms. The Kier molecular flexibility index (Phi) is 0.865. The molecule has 0 fully saturated rings. The third-order valence-electron chi connectivity index (χ3n) is 0.789. The van der Waals surface area contributed by atoms with Crippen LogP contribution >= 0.6 is 0 Å². The van der Waals surface area contributed by atoms with Crippen molar-refractivity contribution in [2.45, 2.75) is 6.92 Å². The van der Waals surface area contributed by atoms with Crippen LogP contribution in [0.4, 0.5) is 6.01 Å². The first-order chi connectivity index (χ1) is 3.70. The molecular weight excluding hydrogens is 108 g/mol. The van der Waals surface area contributed by atoms with E-state index in [1.54, 1.807) is 6.92 Å². The van der Waals surface area contributed by atoms with Gasteiger partial charge in [-0.1, -0.05) is 0 Å². The van der Waals surface area contributed by atoms with Crippen LogP contribution in [0.15, 0.2) is 4.42 Å². The highest BCUT2D eigenvalue weighted by atomic mass is 16.4. The number of nitrogen functional groups attached to an aromatic ring is 1. The lowest BCUT2D eigenvalue weighted by Gasteiger charge is -1.76. The second-order valence-electron chi connectivity index (χ2n) is 1.43. The summed E-state index contributed by atoms with van der Waals surface area (Å²) in [7, 11) is 0. The molecule has 3 N–H and O–H groups in total. The summed E-state index contributed by atoms with van der Waals surface area (Å²) >= 11 is 0. The van der Waals surface area contributed by atoms with E-state index in [1.807, 2.05) is 0 Å². The molecule has 4 nitrogen and oxygen atoms in total. The van der Waals surface area contributed by atoms with Gasteiger partial charge in [-0.2, -0.15) is 4.98 Å². The smallest absolute Gasteiger partial charge is 0.295 e. The number of oxazole rings is 1. The Labute approximate surface area is 45.9 Å². The normalized spacial score (nSPS) is 9.62. The number of aryl methyl sites for hydroxylation is 1. The summed E-state index contributed by atoms with van der Waals surface area (Å²) in [5.41, 5.74) is 5.04. The predicted octanol–water partition coefficient (Wildman–Crippen LogP) is 0.271. The Balaban J connectivity index is 3.14. The Morgan fingerprint density at radius 1 is 1.75 bits per heavy atom. The lowest BCUT2D eigenvalue weighted by molar-refractivity contribution is 0.437. The van der Waals surface area contributed by atoms with Gasteiger partial charge < -0.3 is 15.3 Å². The van der Waals surface area contributed by atoms with Crippen molar-refractivity contribution in [1.82, 2.24) is 4.98 Å². The molecule has 0 aromatic carbocycles. The molecule has 1 aromatic rings. The van der Waals surface area contributed by atoms with E-state index in [-0.39, 0.29) is 11.9 Å². The molecule has 0 amide bonds. The second kappa shape index (κ2) is 1.40. The molecule has 1 heterocycles. The zero-order chi connectivity index (χ0) is 6.15. The predicted molar refractivity (Wildman–Crippen MR) is 27.3 cm³/mol. The van der Waals surface area contributed by atoms with E-state index in [0.717, 1.165) is 0 Å². The number of aromatic nitrogens is 1. The summed E-state index contributed by atoms with van der Waals surface area (Å²) in [6.45, 7) is 1.58. The van der Waals surface area contributed by atoms with Gasteiger partial charge in [0.25, 0.3) is 11.9 Å². The first kappa shape index (κ1) is 4.96. The van der Waals surface area contributed by atoms with Gasteiger partial charge in [-0.25, -0.2) is 0 Å². The Morgan fingerprint density at radius 2 is 2.38 bits per heavy atom. The van der Waals surface area contributed by atoms with Crippen molar-refractivity contribution in [3.05, 3.63) is 5.76 Å². The molecule has 8 heavy (non-hydrogen) atoms. The molecule has 0 saturated carbocycles. The van der Waals surface area contributed by atoms with Gasteiger partial charge in [0.15, 0.2) is 5.76 Å². The minimum Gasteiger partial charge on any atom is -0.491 e. The average molecular weight is 114 g/mol. The quantitative estimate of drug-likeness (QED) is 0.507. The maximum Gasteiger partial charge on any atom is 0.295 e. The molecular formula is C4H6N2O2. The van der Waals surface area contributed by atoms with Crippen molar-refractivity contribution in [2.24, 2.45) is 0 Å². The van der Waals surface area contributed by atoms with Crippen molar-refractivity contribution in [3.8, 4) is 5.88 Å². The third kappa shape index (κ3) is 0.598. The van der Waals surface area contributed by atoms with E-state index in [1.165, 1.54) is 0 Å². The summed E-state index contributed by atoms with van der Waals surface area (Å²) in [4.78, 5) is 3.38. The fourth-order valence-corrected chi connectivity index (χ4v) is 0.408. The number of rotatable bonds is 0. The fraction of sp³-hybridized carbons (Fsp3) is 0.250. The monoisotopic (exact) mass is 114 g/mol. The molecule has 0 saturated heterocycles. The van der Waals surface area contributed by atoms with Gasteiger partial charge in [-0.3, -0.25) is 0 Å². The number of hydrogen-bond donors (Lipinski definition) is 2. The summed E-state index contributed by atoms with van der Waals surface area (Å²) in [6.07, 6.45) is 0. The lowest BCUT2D eigenvalue weighted by Crippen LogP contribution is -1.80. The van der Waals surface area contributed by atoms with Crippen LogP contribution in [0.25, 0.3) is 0 Å². The largest absolute Gasteiger partial charge is 0.491 e. The summed E-state index contributed by atoms with van der Waals surface area (Å²) < 4.78 is 4.63. The van der Waals surface area contributed by atoms with E-state index < -0.39 is 0 Å². The maximum absolute atomic E-state index is 8.66. The van der Waals surface area contributed by atoms with E-state index in [4.69, 9.17) is 10.8 Å². The first-order valence-corrected chi connectivity index (χ1v) is 2.12. The molecule has 0 aliphatic carbocycles. The number of nitrogens with two attached hydrogens (primary N) is 1. The van der Waals surface area contributed by atoms with Crippen LogP contribution in [0.1, 0.15) is 5.76 Å². The highest BCUT2D eigenvalue weighted by Crippen LogP contribution is 2.15. The lowest BCUT2D eigenvalue weighted by atomic mass is 10.6. The zero-order valence-electron chi connectivity index (χ0n) is 4.38. The van der Waals surface area contributed by atoms with Crippen LogP contribution in [-0.2, 0) is 0 Å². The van der Waals surface area contributed by atoms with Crippen molar-refractivity contribution in [2.75, 3.05) is 5.73 Å². The van der Waals surface area contributed by atoms with Crippen molar-refractivity contribution < 1.29 is 9.52 Å². The number of nitrogens with zero attached hydrogens (tertiary/aromatic N) is 1. The Bertz CT molecular complexity index is 174. The SMILES string of the molecule is Cc1oc(N)nc1O. The van der Waals surface area contributed by atoms with Crippen LogP contribution < -0.4 is 5.73 Å². The van der Waals surface area contributed by atoms with Gasteiger partial charge in [0, 0.05) is 0 Å². The molecule has 0 unspecified atom stereocenters. The summed E-state index contributed by atoms with van der Waals surface area (Å²) in [5, 5.41) is 8.66. The molecule has 44 valence electrons. The highest BCUT2D eigenvalue weighted by Gasteiger charge is 2.01. The van der Waals surface area contributed by atoms with Gasteiger partial charge in [0.2, 0.25) is 0 Å². The molecule has 0 atom stereocenters. The number of aromatic hydroxyl groups is 1. The highest BCUT2D eigenvalue weighted by molar-refractivity contribution is 5.22. The summed E-state index contributed by atoms with van der Waals surface area (Å²) in [5.74, 6) is 0.213. The van der Waals surface area contributed by atoms with Crippen LogP contribution in [0.3, 0.4) is 0 Å². The topological polar surface area (TPSA) is 72.3 Å². The van der Waals surface area contributed by atoms with Crippen molar-refractivity contribution >= 4 is 6.01 Å². The standard InChI is InChI=1S/C4H6N2O2/c1-2-3(7)6-4(5)8-2/h7H,1H3,(H2,5,6). The first-order valence-electron chi connectivity index (χ1n) is 2.12. The molecule has 0 spiro atoms. The Hall–Kier alpha value is -1.19. The summed E-state index contributed by atoms with van der Waals surface area (Å²) in [6, 6.07) is 0.000000000000000222. The van der Waals surface area contributed by atoms with Crippen molar-refractivity contribution in [3.63, 3.8) is 0 Å². The van der Waals surface area contributed by atoms with E-state index >= 15 is 0 Å². The molecule has 0 aliphatic rings. The van der Waals surface area contributed by atoms with Gasteiger partial charge in [-0.05, 0) is 6.92 Å². The van der Waals surface area contributed by atoms with Crippen LogP contribution in [-0.4, -0.2) is 10.1 Å². The number of anilines is 1. The minimum atomic E-state index is -0.137. The van der Waals surface area contributed by atoms with Crippen molar-refractivity contribution in [1.29, 1.82) is 0 Å². The zero-order valence-corrected chi connectivity index (χ0v) is 4.38. The van der Waals surface area contributed by atoms with E-state index in [2.05, 4.69) is 9.40 Å². The molecule has 1 aromatic heterocycles. The molecule has 0 radical (unpaired) electrons. The molecule has 0 bridgehead atoms. The molecule has 1 rings (SSSR count). The average Bonchev–Trinajstić information content (AvgIpc) is 1.85. The van der Waals surface area contributed by atoms with Gasteiger partial charge >= 0.3 is 0 Å². The second-order valence-corrected chi connectivity index (χ2v) is 1.43. The van der Waals surface area contributed by atoms with Gasteiger partial charge in [-0.15, -0.1) is 0 Å². The molecule has 0 aliphatic heterocycles. The van der Waals surface area contributed by atoms with E-state index in [0.29, 0.717) is 5.76 Å². The third-order valence-corrected chi connectivity index (χ3v) is 0.789. The number of hydrogen-bond acceptors (Lipinski definition) is 4.